The van der Waals surface area contributed by atoms with Gasteiger partial charge in [-0.2, -0.15) is 0 Å². The van der Waals surface area contributed by atoms with Gasteiger partial charge in [-0.1, -0.05) is 35.3 Å². The number of fused-ring (bicyclic) bond motifs is 4. The summed E-state index contributed by atoms with van der Waals surface area (Å²) in [5, 5.41) is 1.40. The summed E-state index contributed by atoms with van der Waals surface area (Å²) < 4.78 is 1.51. The Kier molecular flexibility index (Phi) is 2.34. The summed E-state index contributed by atoms with van der Waals surface area (Å²) in [6.07, 6.45) is 0. The molecule has 0 atom stereocenters. The maximum atomic E-state index is 12.6. The zero-order valence-electron chi connectivity index (χ0n) is 10.0. The molecule has 0 bridgehead atoms. The number of nitrogens with zero attached hydrogens (tertiary/aromatic N) is 2. The lowest BCUT2D eigenvalue weighted by molar-refractivity contribution is 1.12. The molecule has 0 aliphatic rings. The van der Waals surface area contributed by atoms with Gasteiger partial charge in [-0.05, 0) is 24.3 Å². The zero-order valence-corrected chi connectivity index (χ0v) is 11.5. The molecule has 0 aliphatic carbocycles. The Hall–Kier alpha value is -2.04. The van der Waals surface area contributed by atoms with Crippen LogP contribution in [0.4, 0.5) is 0 Å². The van der Waals surface area contributed by atoms with Crippen molar-refractivity contribution in [2.75, 3.05) is 0 Å². The van der Waals surface area contributed by atoms with Crippen molar-refractivity contribution in [3.8, 4) is 0 Å². The number of halogens is 2. The highest BCUT2D eigenvalue weighted by molar-refractivity contribution is 6.42. The van der Waals surface area contributed by atoms with Crippen LogP contribution < -0.4 is 5.56 Å². The van der Waals surface area contributed by atoms with Crippen molar-refractivity contribution in [2.45, 2.75) is 0 Å². The van der Waals surface area contributed by atoms with Gasteiger partial charge >= 0.3 is 0 Å². The topological polar surface area (TPSA) is 50.2 Å². The van der Waals surface area contributed by atoms with E-state index in [0.29, 0.717) is 32.2 Å². The Morgan fingerprint density at radius 2 is 1.85 bits per heavy atom. The molecule has 0 spiro atoms. The quantitative estimate of drug-likeness (QED) is 0.539. The number of benzene rings is 2. The Labute approximate surface area is 122 Å². The second kappa shape index (κ2) is 3.98. The Morgan fingerprint density at radius 3 is 2.70 bits per heavy atom. The van der Waals surface area contributed by atoms with E-state index in [4.69, 9.17) is 23.2 Å². The molecule has 0 saturated heterocycles. The first-order valence-electron chi connectivity index (χ1n) is 5.93. The molecular formula is C14H7Cl2N3O. The average Bonchev–Trinajstić information content (AvgIpc) is 2.77. The molecule has 20 heavy (non-hydrogen) atoms. The minimum absolute atomic E-state index is 0.129. The number of hydrogen-bond acceptors (Lipinski definition) is 2. The van der Waals surface area contributed by atoms with Gasteiger partial charge in [0.1, 0.15) is 0 Å². The fourth-order valence-corrected chi connectivity index (χ4v) is 2.70. The van der Waals surface area contributed by atoms with Crippen molar-refractivity contribution < 1.29 is 0 Å². The van der Waals surface area contributed by atoms with E-state index in [9.17, 15) is 4.79 Å². The first kappa shape index (κ1) is 11.8. The molecule has 0 saturated carbocycles. The van der Waals surface area contributed by atoms with Crippen LogP contribution in [-0.2, 0) is 0 Å². The van der Waals surface area contributed by atoms with Crippen molar-refractivity contribution in [1.82, 2.24) is 14.4 Å². The van der Waals surface area contributed by atoms with Crippen LogP contribution in [0.5, 0.6) is 0 Å². The monoisotopic (exact) mass is 303 g/mol. The summed E-state index contributed by atoms with van der Waals surface area (Å²) in [7, 11) is 0. The lowest BCUT2D eigenvalue weighted by Crippen LogP contribution is -2.13. The zero-order chi connectivity index (χ0) is 13.9. The molecule has 0 unspecified atom stereocenters. The van der Waals surface area contributed by atoms with Crippen molar-refractivity contribution in [1.29, 1.82) is 0 Å². The predicted molar refractivity (Wildman–Crippen MR) is 80.8 cm³/mol. The van der Waals surface area contributed by atoms with Gasteiger partial charge < -0.3 is 4.98 Å². The van der Waals surface area contributed by atoms with E-state index in [1.807, 2.05) is 18.2 Å². The molecule has 6 heteroatoms. The SMILES string of the molecule is O=c1c2ccccc2nc2[nH]c3cc(Cl)c(Cl)cc3n12. The minimum atomic E-state index is -0.129. The summed E-state index contributed by atoms with van der Waals surface area (Å²) in [4.78, 5) is 20.1. The van der Waals surface area contributed by atoms with E-state index < -0.39 is 0 Å². The van der Waals surface area contributed by atoms with Crippen molar-refractivity contribution in [3.05, 3.63) is 56.8 Å². The van der Waals surface area contributed by atoms with Gasteiger partial charge in [0.15, 0.2) is 0 Å². The third-order valence-corrected chi connectivity index (χ3v) is 4.02. The van der Waals surface area contributed by atoms with E-state index in [0.717, 1.165) is 5.52 Å². The number of rotatable bonds is 0. The third-order valence-electron chi connectivity index (χ3n) is 3.30. The van der Waals surface area contributed by atoms with Gasteiger partial charge in [-0.25, -0.2) is 9.38 Å². The van der Waals surface area contributed by atoms with Crippen LogP contribution in [0.3, 0.4) is 0 Å². The van der Waals surface area contributed by atoms with Gasteiger partial charge in [-0.3, -0.25) is 4.79 Å². The fourth-order valence-electron chi connectivity index (χ4n) is 2.38. The summed E-state index contributed by atoms with van der Waals surface area (Å²) >= 11 is 12.0. The van der Waals surface area contributed by atoms with Crippen molar-refractivity contribution in [3.63, 3.8) is 0 Å². The number of nitrogens with one attached hydrogen (secondary N) is 1. The van der Waals surface area contributed by atoms with Crippen molar-refractivity contribution >= 4 is 50.9 Å². The number of H-pyrrole nitrogens is 1. The van der Waals surface area contributed by atoms with Gasteiger partial charge in [0.05, 0.1) is 32.0 Å². The minimum Gasteiger partial charge on any atom is -0.323 e. The van der Waals surface area contributed by atoms with Crippen LogP contribution in [0, 0.1) is 0 Å². The molecule has 2 heterocycles. The molecular weight excluding hydrogens is 297 g/mol. The van der Waals surface area contributed by atoms with Gasteiger partial charge in [0, 0.05) is 0 Å². The lowest BCUT2D eigenvalue weighted by Gasteiger charge is -1.99. The summed E-state index contributed by atoms with van der Waals surface area (Å²) in [5.41, 5.74) is 1.91. The molecule has 4 aromatic rings. The molecule has 4 nitrogen and oxygen atoms in total. The van der Waals surface area contributed by atoms with Gasteiger partial charge in [0.2, 0.25) is 5.78 Å². The average molecular weight is 304 g/mol. The highest BCUT2D eigenvalue weighted by atomic mass is 35.5. The summed E-state index contributed by atoms with van der Waals surface area (Å²) in [6, 6.07) is 10.6. The molecule has 0 aliphatic heterocycles. The molecule has 1 N–H and O–H groups in total. The number of hydrogen-bond donors (Lipinski definition) is 1. The van der Waals surface area contributed by atoms with Crippen molar-refractivity contribution in [2.24, 2.45) is 0 Å². The molecule has 98 valence electrons. The highest BCUT2D eigenvalue weighted by Crippen LogP contribution is 2.27. The Morgan fingerprint density at radius 1 is 1.10 bits per heavy atom. The van der Waals surface area contributed by atoms with Crippen LogP contribution in [0.15, 0.2) is 41.2 Å². The number of aromatic nitrogens is 3. The Balaban J connectivity index is 2.32. The van der Waals surface area contributed by atoms with Gasteiger partial charge in [0.25, 0.3) is 5.56 Å². The maximum absolute atomic E-state index is 12.6. The first-order chi connectivity index (χ1) is 9.65. The highest BCUT2D eigenvalue weighted by Gasteiger charge is 2.12. The van der Waals surface area contributed by atoms with Crippen LogP contribution in [-0.4, -0.2) is 14.4 Å². The Bertz CT molecular complexity index is 1050. The molecule has 2 aromatic heterocycles. The summed E-state index contributed by atoms with van der Waals surface area (Å²) in [6.45, 7) is 0. The van der Waals surface area contributed by atoms with E-state index in [1.165, 1.54) is 4.40 Å². The standard InChI is InChI=1S/C14H7Cl2N3O/c15-8-5-11-12(6-9(8)16)19-13(20)7-3-1-2-4-10(7)17-14(19)18-11/h1-6H,(H,17,18). The number of para-hydroxylation sites is 1. The van der Waals surface area contributed by atoms with E-state index in [-0.39, 0.29) is 5.56 Å². The first-order valence-corrected chi connectivity index (χ1v) is 6.69. The van der Waals surface area contributed by atoms with Crippen LogP contribution in [0.25, 0.3) is 27.7 Å². The molecule has 4 rings (SSSR count). The molecule has 0 amide bonds. The molecule has 0 radical (unpaired) electrons. The van der Waals surface area contributed by atoms with E-state index in [2.05, 4.69) is 9.97 Å². The largest absolute Gasteiger partial charge is 0.323 e. The lowest BCUT2D eigenvalue weighted by atomic mass is 10.2. The predicted octanol–water partition coefficient (Wildman–Crippen LogP) is 3.64. The third kappa shape index (κ3) is 1.49. The van der Waals surface area contributed by atoms with E-state index in [1.54, 1.807) is 18.2 Å². The van der Waals surface area contributed by atoms with Crippen LogP contribution in [0.1, 0.15) is 0 Å². The normalized spacial score (nSPS) is 11.7. The smallest absolute Gasteiger partial charge is 0.267 e. The van der Waals surface area contributed by atoms with E-state index >= 15 is 0 Å². The number of imidazole rings is 1. The molecule has 2 aromatic carbocycles. The second-order valence-corrected chi connectivity index (χ2v) is 5.32. The van der Waals surface area contributed by atoms with Crippen LogP contribution >= 0.6 is 23.2 Å². The maximum Gasteiger partial charge on any atom is 0.267 e. The second-order valence-electron chi connectivity index (χ2n) is 4.50. The van der Waals surface area contributed by atoms with Gasteiger partial charge in [-0.15, -0.1) is 0 Å². The fraction of sp³-hybridized carbons (Fsp3) is 0. The summed E-state index contributed by atoms with van der Waals surface area (Å²) in [5.74, 6) is 0.474. The van der Waals surface area contributed by atoms with Crippen LogP contribution in [0.2, 0.25) is 10.0 Å². The molecule has 0 fully saturated rings. The number of aromatic amines is 1.